The van der Waals surface area contributed by atoms with Gasteiger partial charge in [-0.25, -0.2) is 0 Å². The van der Waals surface area contributed by atoms with Crippen molar-refractivity contribution in [2.24, 2.45) is 0 Å². The molecular formula is C12H16N4O3S. The van der Waals surface area contributed by atoms with Crippen LogP contribution in [0.15, 0.2) is 36.5 Å². The summed E-state index contributed by atoms with van der Waals surface area (Å²) in [6.07, 6.45) is 1.64. The number of H-pyrrole nitrogens is 1. The minimum atomic E-state index is -3.60. The zero-order valence-corrected chi connectivity index (χ0v) is 11.8. The summed E-state index contributed by atoms with van der Waals surface area (Å²) in [7, 11) is -2.09. The van der Waals surface area contributed by atoms with Gasteiger partial charge in [-0.3, -0.25) is 9.82 Å². The minimum absolute atomic E-state index is 0.214. The smallest absolute Gasteiger partial charge is 0.299 e. The summed E-state index contributed by atoms with van der Waals surface area (Å²) in [5.41, 5.74) is 2.14. The number of aromatic amines is 1. The minimum Gasteiger partial charge on any atom is -0.383 e. The van der Waals surface area contributed by atoms with Crippen molar-refractivity contribution < 1.29 is 13.2 Å². The molecule has 0 bridgehead atoms. The molecule has 1 aromatic heterocycles. The van der Waals surface area contributed by atoms with E-state index in [1.807, 2.05) is 12.1 Å². The normalized spacial score (nSPS) is 11.4. The van der Waals surface area contributed by atoms with Gasteiger partial charge in [0.2, 0.25) is 0 Å². The van der Waals surface area contributed by atoms with Gasteiger partial charge in [0.1, 0.15) is 0 Å². The van der Waals surface area contributed by atoms with E-state index in [-0.39, 0.29) is 6.54 Å². The van der Waals surface area contributed by atoms with E-state index in [4.69, 9.17) is 4.74 Å². The fourth-order valence-corrected chi connectivity index (χ4v) is 2.50. The average molecular weight is 296 g/mol. The topological polar surface area (TPSA) is 96.1 Å². The van der Waals surface area contributed by atoms with E-state index in [9.17, 15) is 8.42 Å². The summed E-state index contributed by atoms with van der Waals surface area (Å²) in [5.74, 6) is 0. The highest BCUT2D eigenvalue weighted by atomic mass is 32.2. The van der Waals surface area contributed by atoms with Gasteiger partial charge >= 0.3 is 0 Å². The molecular weight excluding hydrogens is 280 g/mol. The summed E-state index contributed by atoms with van der Waals surface area (Å²) in [6.45, 7) is 0.529. The zero-order chi connectivity index (χ0) is 14.4. The molecule has 0 unspecified atom stereocenters. The highest BCUT2D eigenvalue weighted by molar-refractivity contribution is 7.90. The van der Waals surface area contributed by atoms with Crippen LogP contribution in [-0.4, -0.2) is 38.9 Å². The maximum Gasteiger partial charge on any atom is 0.299 e. The predicted molar refractivity (Wildman–Crippen MR) is 76.4 cm³/mol. The second-order valence-electron chi connectivity index (χ2n) is 4.04. The molecule has 0 amide bonds. The van der Waals surface area contributed by atoms with Gasteiger partial charge in [0, 0.05) is 25.4 Å². The lowest BCUT2D eigenvalue weighted by Gasteiger charge is -2.09. The number of hydrogen-bond acceptors (Lipinski definition) is 4. The van der Waals surface area contributed by atoms with Gasteiger partial charge in [-0.05, 0) is 18.2 Å². The predicted octanol–water partition coefficient (Wildman–Crippen LogP) is 0.969. The maximum atomic E-state index is 11.8. The van der Waals surface area contributed by atoms with Crippen LogP contribution in [-0.2, 0) is 14.9 Å². The Labute approximate surface area is 117 Å². The molecule has 0 aliphatic heterocycles. The second kappa shape index (κ2) is 6.51. The molecule has 2 rings (SSSR count). The van der Waals surface area contributed by atoms with Gasteiger partial charge in [-0.1, -0.05) is 12.1 Å². The monoisotopic (exact) mass is 296 g/mol. The Morgan fingerprint density at radius 3 is 2.90 bits per heavy atom. The molecule has 0 saturated heterocycles. The molecule has 1 heterocycles. The summed E-state index contributed by atoms with van der Waals surface area (Å²) in [5, 5.41) is 6.69. The SMILES string of the molecule is COCCNS(=O)(=O)Nc1cccc(-c2ccn[nH]2)c1. The maximum absolute atomic E-state index is 11.8. The molecule has 7 nitrogen and oxygen atoms in total. The largest absolute Gasteiger partial charge is 0.383 e. The van der Waals surface area contributed by atoms with Crippen LogP contribution in [0.5, 0.6) is 0 Å². The Balaban J connectivity index is 2.08. The van der Waals surface area contributed by atoms with Crippen LogP contribution in [0.1, 0.15) is 0 Å². The van der Waals surface area contributed by atoms with E-state index in [0.717, 1.165) is 11.3 Å². The molecule has 0 saturated carbocycles. The number of benzene rings is 1. The van der Waals surface area contributed by atoms with E-state index in [0.29, 0.717) is 12.3 Å². The Hall–Kier alpha value is -1.90. The third-order valence-corrected chi connectivity index (χ3v) is 3.61. The molecule has 3 N–H and O–H groups in total. The molecule has 0 radical (unpaired) electrons. The molecule has 108 valence electrons. The van der Waals surface area contributed by atoms with Crippen molar-refractivity contribution in [2.45, 2.75) is 0 Å². The number of ether oxygens (including phenoxy) is 1. The number of rotatable bonds is 7. The number of aromatic nitrogens is 2. The lowest BCUT2D eigenvalue weighted by molar-refractivity contribution is 0.204. The standard InChI is InChI=1S/C12H16N4O3S/c1-19-8-7-14-20(17,18)16-11-4-2-3-10(9-11)12-5-6-13-15-12/h2-6,9,14,16H,7-8H2,1H3,(H,13,15). The molecule has 0 spiro atoms. The molecule has 0 aliphatic rings. The molecule has 1 aromatic carbocycles. The quantitative estimate of drug-likeness (QED) is 0.663. The number of anilines is 1. The third kappa shape index (κ3) is 4.05. The summed E-state index contributed by atoms with van der Waals surface area (Å²) >= 11 is 0. The lowest BCUT2D eigenvalue weighted by Crippen LogP contribution is -2.32. The van der Waals surface area contributed by atoms with Gasteiger partial charge in [0.15, 0.2) is 0 Å². The van der Waals surface area contributed by atoms with Crippen molar-refractivity contribution in [1.29, 1.82) is 0 Å². The fraction of sp³-hybridized carbons (Fsp3) is 0.250. The zero-order valence-electron chi connectivity index (χ0n) is 11.0. The van der Waals surface area contributed by atoms with Crippen LogP contribution in [0, 0.1) is 0 Å². The summed E-state index contributed by atoms with van der Waals surface area (Å²) < 4.78 is 33.2. The molecule has 0 atom stereocenters. The summed E-state index contributed by atoms with van der Waals surface area (Å²) in [6, 6.07) is 8.84. The van der Waals surface area contributed by atoms with Gasteiger partial charge in [-0.15, -0.1) is 0 Å². The molecule has 0 fully saturated rings. The highest BCUT2D eigenvalue weighted by Crippen LogP contribution is 2.20. The van der Waals surface area contributed by atoms with Gasteiger partial charge in [-0.2, -0.15) is 18.2 Å². The summed E-state index contributed by atoms with van der Waals surface area (Å²) in [4.78, 5) is 0. The van der Waals surface area contributed by atoms with Crippen molar-refractivity contribution in [3.05, 3.63) is 36.5 Å². The van der Waals surface area contributed by atoms with Crippen LogP contribution >= 0.6 is 0 Å². The second-order valence-corrected chi connectivity index (χ2v) is 5.54. The molecule has 20 heavy (non-hydrogen) atoms. The van der Waals surface area contributed by atoms with Gasteiger partial charge in [0.05, 0.1) is 18.0 Å². The Bertz CT molecular complexity index is 640. The number of nitrogens with zero attached hydrogens (tertiary/aromatic N) is 1. The Morgan fingerprint density at radius 2 is 2.20 bits per heavy atom. The first-order valence-corrected chi connectivity index (χ1v) is 7.45. The van der Waals surface area contributed by atoms with Crippen molar-refractivity contribution in [3.63, 3.8) is 0 Å². The molecule has 0 aliphatic carbocycles. The first-order chi connectivity index (χ1) is 9.61. The lowest BCUT2D eigenvalue weighted by atomic mass is 10.1. The van der Waals surface area contributed by atoms with Crippen molar-refractivity contribution in [3.8, 4) is 11.3 Å². The van der Waals surface area contributed by atoms with Crippen LogP contribution in [0.4, 0.5) is 5.69 Å². The van der Waals surface area contributed by atoms with E-state index in [2.05, 4.69) is 19.6 Å². The van der Waals surface area contributed by atoms with Crippen LogP contribution in [0.25, 0.3) is 11.3 Å². The van der Waals surface area contributed by atoms with E-state index in [1.54, 1.807) is 24.4 Å². The van der Waals surface area contributed by atoms with Gasteiger partial charge < -0.3 is 4.74 Å². The highest BCUT2D eigenvalue weighted by Gasteiger charge is 2.09. The average Bonchev–Trinajstić information content (AvgIpc) is 2.92. The van der Waals surface area contributed by atoms with E-state index >= 15 is 0 Å². The Kier molecular flexibility index (Phi) is 4.72. The van der Waals surface area contributed by atoms with E-state index in [1.165, 1.54) is 7.11 Å². The van der Waals surface area contributed by atoms with Crippen LogP contribution in [0.3, 0.4) is 0 Å². The van der Waals surface area contributed by atoms with Gasteiger partial charge in [0.25, 0.3) is 10.2 Å². The number of nitrogens with one attached hydrogen (secondary N) is 3. The van der Waals surface area contributed by atoms with Crippen molar-refractivity contribution in [2.75, 3.05) is 25.0 Å². The molecule has 8 heteroatoms. The van der Waals surface area contributed by atoms with Crippen molar-refractivity contribution >= 4 is 15.9 Å². The first kappa shape index (κ1) is 14.5. The Morgan fingerprint density at radius 1 is 1.35 bits per heavy atom. The number of methoxy groups -OCH3 is 1. The van der Waals surface area contributed by atoms with Crippen LogP contribution < -0.4 is 9.44 Å². The fourth-order valence-electron chi connectivity index (χ4n) is 1.64. The van der Waals surface area contributed by atoms with Crippen molar-refractivity contribution in [1.82, 2.24) is 14.9 Å². The third-order valence-electron chi connectivity index (χ3n) is 2.52. The number of hydrogen-bond donors (Lipinski definition) is 3. The van der Waals surface area contributed by atoms with E-state index < -0.39 is 10.2 Å². The molecule has 2 aromatic rings. The van der Waals surface area contributed by atoms with Crippen LogP contribution in [0.2, 0.25) is 0 Å². The first-order valence-electron chi connectivity index (χ1n) is 5.97.